The van der Waals surface area contributed by atoms with Crippen LogP contribution in [0.4, 0.5) is 34.9 Å². The minimum atomic E-state index is -4.60. The van der Waals surface area contributed by atoms with Crippen molar-refractivity contribution in [2.75, 3.05) is 43.1 Å². The van der Waals surface area contributed by atoms with Gasteiger partial charge in [0.25, 0.3) is 5.91 Å². The summed E-state index contributed by atoms with van der Waals surface area (Å²) >= 11 is 0. The maximum Gasteiger partial charge on any atom is 0.416 e. The van der Waals surface area contributed by atoms with E-state index in [1.807, 2.05) is 11.9 Å². The van der Waals surface area contributed by atoms with Crippen LogP contribution in [0.15, 0.2) is 48.8 Å². The standard InChI is InChI=1S/C26H24F4N6O/c1-35-8-7-21(15-35)36(2)23-6-5-19(26(28,29)30)12-22(23)34-24(37)18-9-16(10-20(27)11-18)3-4-17-13-32-25(31)33-14-17/h5-6,9-14,21H,7-8,15H2,1-2H3,(H,34,37)(H2,31,32,33)/t21-/m0/s1. The first-order valence-electron chi connectivity index (χ1n) is 11.3. The van der Waals surface area contributed by atoms with Crippen LogP contribution in [-0.4, -0.2) is 54.0 Å². The fraction of sp³-hybridized carbons (Fsp3) is 0.269. The molecule has 0 aliphatic carbocycles. The molecule has 3 aromatic rings. The van der Waals surface area contributed by atoms with Crippen LogP contribution in [0, 0.1) is 17.7 Å². The Morgan fingerprint density at radius 3 is 2.49 bits per heavy atom. The summed E-state index contributed by atoms with van der Waals surface area (Å²) in [5, 5.41) is 2.55. The second kappa shape index (κ2) is 10.4. The molecule has 2 heterocycles. The molecule has 1 amide bonds. The third-order valence-corrected chi connectivity index (χ3v) is 6.05. The number of halogens is 4. The van der Waals surface area contributed by atoms with Crippen molar-refractivity contribution in [1.29, 1.82) is 0 Å². The minimum Gasteiger partial charge on any atom is -0.369 e. The van der Waals surface area contributed by atoms with Crippen LogP contribution in [0.25, 0.3) is 0 Å². The number of likely N-dealkylation sites (N-methyl/N-ethyl adjacent to an activating group) is 2. The number of nitrogens with zero attached hydrogens (tertiary/aromatic N) is 4. The number of benzene rings is 2. The topological polar surface area (TPSA) is 87.4 Å². The van der Waals surface area contributed by atoms with Gasteiger partial charge in [0, 0.05) is 43.2 Å². The fourth-order valence-electron chi connectivity index (χ4n) is 4.08. The maximum absolute atomic E-state index is 14.3. The number of likely N-dealkylation sites (tertiary alicyclic amines) is 1. The van der Waals surface area contributed by atoms with Gasteiger partial charge in [-0.3, -0.25) is 4.79 Å². The lowest BCUT2D eigenvalue weighted by molar-refractivity contribution is -0.137. The van der Waals surface area contributed by atoms with E-state index >= 15 is 0 Å². The molecule has 0 saturated carbocycles. The zero-order valence-corrected chi connectivity index (χ0v) is 20.1. The Morgan fingerprint density at radius 2 is 1.84 bits per heavy atom. The molecule has 7 nitrogen and oxygen atoms in total. The van der Waals surface area contributed by atoms with Crippen molar-refractivity contribution in [3.05, 3.63) is 76.9 Å². The van der Waals surface area contributed by atoms with Gasteiger partial charge in [0.05, 0.1) is 22.5 Å². The zero-order chi connectivity index (χ0) is 26.7. The first-order chi connectivity index (χ1) is 17.5. The van der Waals surface area contributed by atoms with Crippen LogP contribution in [0.5, 0.6) is 0 Å². The average Bonchev–Trinajstić information content (AvgIpc) is 3.28. The molecule has 1 saturated heterocycles. The molecule has 1 fully saturated rings. The number of alkyl halides is 3. The van der Waals surface area contributed by atoms with Crippen LogP contribution in [0.2, 0.25) is 0 Å². The van der Waals surface area contributed by atoms with Crippen LogP contribution in [-0.2, 0) is 6.18 Å². The number of nitrogen functional groups attached to an aromatic ring is 1. The van der Waals surface area contributed by atoms with E-state index in [0.29, 0.717) is 11.3 Å². The van der Waals surface area contributed by atoms with Gasteiger partial charge in [0.1, 0.15) is 5.82 Å². The lowest BCUT2D eigenvalue weighted by Crippen LogP contribution is -2.34. The van der Waals surface area contributed by atoms with Crippen LogP contribution < -0.4 is 16.0 Å². The summed E-state index contributed by atoms with van der Waals surface area (Å²) in [4.78, 5) is 24.7. The summed E-state index contributed by atoms with van der Waals surface area (Å²) in [6, 6.07) is 6.77. The normalized spacial score (nSPS) is 15.7. The smallest absolute Gasteiger partial charge is 0.369 e. The molecule has 1 aliphatic rings. The van der Waals surface area contributed by atoms with Crippen LogP contribution in [0.1, 0.15) is 33.5 Å². The molecular formula is C26H24F4N6O. The second-order valence-electron chi connectivity index (χ2n) is 8.81. The van der Waals surface area contributed by atoms with E-state index in [2.05, 4.69) is 32.0 Å². The van der Waals surface area contributed by atoms with Crippen molar-refractivity contribution < 1.29 is 22.4 Å². The molecule has 37 heavy (non-hydrogen) atoms. The third-order valence-electron chi connectivity index (χ3n) is 6.05. The number of aromatic nitrogens is 2. The highest BCUT2D eigenvalue weighted by atomic mass is 19.4. The molecule has 0 unspecified atom stereocenters. The Labute approximate surface area is 211 Å². The van der Waals surface area contributed by atoms with Crippen LogP contribution >= 0.6 is 0 Å². The summed E-state index contributed by atoms with van der Waals surface area (Å²) in [5.74, 6) is 4.07. The molecule has 0 spiro atoms. The summed E-state index contributed by atoms with van der Waals surface area (Å²) < 4.78 is 54.7. The third kappa shape index (κ3) is 6.34. The highest BCUT2D eigenvalue weighted by Crippen LogP contribution is 2.36. The number of amides is 1. The largest absolute Gasteiger partial charge is 0.416 e. The van der Waals surface area contributed by atoms with Gasteiger partial charge in [-0.05, 0) is 56.4 Å². The van der Waals surface area contributed by atoms with E-state index in [1.165, 1.54) is 24.5 Å². The number of carbonyl (C=O) groups is 1. The number of nitrogens with one attached hydrogen (secondary N) is 1. The van der Waals surface area contributed by atoms with E-state index in [4.69, 9.17) is 5.73 Å². The highest BCUT2D eigenvalue weighted by Gasteiger charge is 2.32. The number of nitrogens with two attached hydrogens (primary N) is 1. The summed E-state index contributed by atoms with van der Waals surface area (Å²) in [6.45, 7) is 1.59. The Morgan fingerprint density at radius 1 is 1.14 bits per heavy atom. The number of hydrogen-bond acceptors (Lipinski definition) is 6. The van der Waals surface area contributed by atoms with Gasteiger partial charge in [-0.25, -0.2) is 14.4 Å². The molecule has 1 aliphatic heterocycles. The van der Waals surface area contributed by atoms with E-state index in [9.17, 15) is 22.4 Å². The highest BCUT2D eigenvalue weighted by molar-refractivity contribution is 6.06. The van der Waals surface area contributed by atoms with Gasteiger partial charge >= 0.3 is 6.18 Å². The summed E-state index contributed by atoms with van der Waals surface area (Å²) in [7, 11) is 3.74. The van der Waals surface area contributed by atoms with Gasteiger partial charge in [0.15, 0.2) is 0 Å². The molecule has 2 aromatic carbocycles. The quantitative estimate of drug-likeness (QED) is 0.406. The number of anilines is 3. The average molecular weight is 513 g/mol. The van der Waals surface area contributed by atoms with E-state index in [-0.39, 0.29) is 28.8 Å². The van der Waals surface area contributed by atoms with Crippen molar-refractivity contribution in [2.45, 2.75) is 18.6 Å². The molecule has 192 valence electrons. The van der Waals surface area contributed by atoms with Gasteiger partial charge in [-0.15, -0.1) is 0 Å². The Hall–Kier alpha value is -4.17. The molecular weight excluding hydrogens is 488 g/mol. The minimum absolute atomic E-state index is 0.0206. The summed E-state index contributed by atoms with van der Waals surface area (Å²) in [6.07, 6.45) is -0.976. The SMILES string of the molecule is CN1CC[C@H](N(C)c2ccc(C(F)(F)F)cc2NC(=O)c2cc(F)cc(C#Cc3cnc(N)nc3)c2)C1. The van der Waals surface area contributed by atoms with E-state index in [1.54, 1.807) is 7.05 Å². The van der Waals surface area contributed by atoms with Crippen molar-refractivity contribution >= 4 is 23.2 Å². The predicted octanol–water partition coefficient (Wildman–Crippen LogP) is 4.01. The number of carbonyl (C=O) groups excluding carboxylic acids is 1. The lowest BCUT2D eigenvalue weighted by atomic mass is 10.1. The fourth-order valence-corrected chi connectivity index (χ4v) is 4.08. The number of rotatable bonds is 4. The van der Waals surface area contributed by atoms with E-state index < -0.39 is 23.5 Å². The van der Waals surface area contributed by atoms with E-state index in [0.717, 1.165) is 43.8 Å². The molecule has 0 bridgehead atoms. The first-order valence-corrected chi connectivity index (χ1v) is 11.3. The molecule has 4 rings (SSSR count). The molecule has 0 radical (unpaired) electrons. The molecule has 1 aromatic heterocycles. The van der Waals surface area contributed by atoms with Crippen molar-refractivity contribution in [1.82, 2.24) is 14.9 Å². The lowest BCUT2D eigenvalue weighted by Gasteiger charge is -2.29. The van der Waals surface area contributed by atoms with Crippen molar-refractivity contribution in [3.8, 4) is 11.8 Å². The van der Waals surface area contributed by atoms with Gasteiger partial charge in [0.2, 0.25) is 5.95 Å². The summed E-state index contributed by atoms with van der Waals surface area (Å²) in [5.41, 5.74) is 5.48. The molecule has 3 N–H and O–H groups in total. The predicted molar refractivity (Wildman–Crippen MR) is 133 cm³/mol. The van der Waals surface area contributed by atoms with Gasteiger partial charge in [-0.1, -0.05) is 11.8 Å². The van der Waals surface area contributed by atoms with Gasteiger partial charge < -0.3 is 20.9 Å². The van der Waals surface area contributed by atoms with Crippen LogP contribution in [0.3, 0.4) is 0 Å². The number of hydrogen-bond donors (Lipinski definition) is 2. The maximum atomic E-state index is 14.3. The van der Waals surface area contributed by atoms with Crippen molar-refractivity contribution in [2.24, 2.45) is 0 Å². The monoisotopic (exact) mass is 512 g/mol. The van der Waals surface area contributed by atoms with Gasteiger partial charge in [-0.2, -0.15) is 13.2 Å². The molecule has 11 heteroatoms. The molecule has 1 atom stereocenters. The zero-order valence-electron chi connectivity index (χ0n) is 20.1. The Kier molecular flexibility index (Phi) is 7.31. The Bertz CT molecular complexity index is 1360. The first kappa shape index (κ1) is 25.9. The Balaban J connectivity index is 1.64. The second-order valence-corrected chi connectivity index (χ2v) is 8.81. The van der Waals surface area contributed by atoms with Crippen molar-refractivity contribution in [3.63, 3.8) is 0 Å².